The predicted molar refractivity (Wildman–Crippen MR) is 105 cm³/mol. The minimum atomic E-state index is -0.302. The van der Waals surface area contributed by atoms with Crippen LogP contribution >= 0.6 is 0 Å². The smallest absolute Gasteiger partial charge is 0.223 e. The van der Waals surface area contributed by atoms with E-state index >= 15 is 0 Å². The number of aliphatic hydroxyl groups excluding tert-OH is 1. The Morgan fingerprint density at radius 2 is 2.11 bits per heavy atom. The number of phenolic OH excluding ortho intramolecular Hbond substituents is 1. The minimum absolute atomic E-state index is 0. The highest BCUT2D eigenvalue weighted by Gasteiger charge is 2.27. The molecule has 1 aromatic rings. The van der Waals surface area contributed by atoms with E-state index in [4.69, 9.17) is 6.42 Å². The molecule has 7 nitrogen and oxygen atoms in total. The normalized spacial score (nSPS) is 15.7. The van der Waals surface area contributed by atoms with Gasteiger partial charge >= 0.3 is 0 Å². The summed E-state index contributed by atoms with van der Waals surface area (Å²) in [5.41, 5.74) is 1.31. The summed E-state index contributed by atoms with van der Waals surface area (Å²) in [6, 6.07) is 4.88. The number of β-amino-alcohol motifs (C(OH)–C–C–N with tert-alkyl or cyclic N) is 1. The number of hydrogen-bond acceptors (Lipinski definition) is 5. The molecule has 0 radical (unpaired) electrons. The quantitative estimate of drug-likeness (QED) is 0.470. The number of rotatable bonds is 4. The molecular formula is C20H31N3O4. The average molecular weight is 377 g/mol. The average Bonchev–Trinajstić information content (AvgIpc) is 2.99. The topological polar surface area (TPSA) is 125 Å². The van der Waals surface area contributed by atoms with E-state index in [0.717, 1.165) is 13.0 Å². The molecule has 2 amide bonds. The maximum Gasteiger partial charge on any atom is 0.223 e. The Labute approximate surface area is 161 Å². The van der Waals surface area contributed by atoms with Crippen molar-refractivity contribution in [3.8, 4) is 18.1 Å². The van der Waals surface area contributed by atoms with E-state index in [1.165, 1.54) is 6.07 Å². The Hall–Kier alpha value is -2.56. The second-order valence-electron chi connectivity index (χ2n) is 7.51. The van der Waals surface area contributed by atoms with Crippen LogP contribution in [0.4, 0.5) is 0 Å². The number of aliphatic hydroxyl groups is 1. The molecule has 0 spiro atoms. The van der Waals surface area contributed by atoms with Crippen molar-refractivity contribution < 1.29 is 19.8 Å². The third kappa shape index (κ3) is 9.08. The first-order chi connectivity index (χ1) is 12.2. The second kappa shape index (κ2) is 11.2. The highest BCUT2D eigenvalue weighted by molar-refractivity contribution is 5.77. The highest BCUT2D eigenvalue weighted by Crippen LogP contribution is 2.21. The number of amides is 2. The number of phenols is 1. The first-order valence-electron chi connectivity index (χ1n) is 8.57. The largest absolute Gasteiger partial charge is 0.508 e. The van der Waals surface area contributed by atoms with Crippen LogP contribution in [0.15, 0.2) is 18.2 Å². The van der Waals surface area contributed by atoms with Gasteiger partial charge in [-0.15, -0.1) is 6.42 Å². The molecule has 1 aliphatic rings. The molecule has 0 bridgehead atoms. The molecule has 2 rings (SSSR count). The van der Waals surface area contributed by atoms with Crippen LogP contribution < -0.4 is 11.5 Å². The summed E-state index contributed by atoms with van der Waals surface area (Å²) >= 11 is 0. The van der Waals surface area contributed by atoms with Crippen molar-refractivity contribution in [1.82, 2.24) is 16.4 Å². The second-order valence-corrected chi connectivity index (χ2v) is 7.51. The van der Waals surface area contributed by atoms with Crippen LogP contribution in [0, 0.1) is 17.8 Å². The Kier molecular flexibility index (Phi) is 10.2. The van der Waals surface area contributed by atoms with Gasteiger partial charge < -0.3 is 26.6 Å². The van der Waals surface area contributed by atoms with Gasteiger partial charge in [-0.2, -0.15) is 0 Å². The van der Waals surface area contributed by atoms with Gasteiger partial charge in [0.25, 0.3) is 0 Å². The van der Waals surface area contributed by atoms with Crippen molar-refractivity contribution >= 4 is 12.3 Å². The lowest BCUT2D eigenvalue weighted by molar-refractivity contribution is -0.132. The van der Waals surface area contributed by atoms with Gasteiger partial charge in [0, 0.05) is 37.2 Å². The zero-order valence-electron chi connectivity index (χ0n) is 16.4. The molecule has 27 heavy (non-hydrogen) atoms. The first kappa shape index (κ1) is 24.4. The first-order valence-corrected chi connectivity index (χ1v) is 8.57. The van der Waals surface area contributed by atoms with Gasteiger partial charge in [-0.1, -0.05) is 32.8 Å². The van der Waals surface area contributed by atoms with Crippen LogP contribution in [0.3, 0.4) is 0 Å². The third-order valence-corrected chi connectivity index (χ3v) is 3.83. The number of hydrogen-bond donors (Lipinski definition) is 4. The number of terminal acetylenes is 1. The van der Waals surface area contributed by atoms with E-state index in [1.54, 1.807) is 17.0 Å². The summed E-state index contributed by atoms with van der Waals surface area (Å²) in [6.45, 7) is 7.71. The fourth-order valence-electron chi connectivity index (χ4n) is 2.49. The Morgan fingerprint density at radius 3 is 2.56 bits per heavy atom. The summed E-state index contributed by atoms with van der Waals surface area (Å²) in [4.78, 5) is 23.4. The lowest BCUT2D eigenvalue weighted by Gasteiger charge is -2.22. The van der Waals surface area contributed by atoms with Crippen LogP contribution in [-0.4, -0.2) is 46.6 Å². The molecule has 6 N–H and O–H groups in total. The highest BCUT2D eigenvalue weighted by atomic mass is 16.3. The Balaban J connectivity index is 0.000000483. The number of carbonyl (C=O) groups excluding carboxylic acids is 2. The van der Waals surface area contributed by atoms with Crippen LogP contribution in [0.5, 0.6) is 5.75 Å². The molecule has 1 aromatic carbocycles. The summed E-state index contributed by atoms with van der Waals surface area (Å²) < 4.78 is 0. The van der Waals surface area contributed by atoms with E-state index in [-0.39, 0.29) is 29.3 Å². The maximum atomic E-state index is 11.6. The number of likely N-dealkylation sites (tertiary alicyclic amines) is 1. The van der Waals surface area contributed by atoms with E-state index in [2.05, 4.69) is 32.0 Å². The Bertz CT molecular complexity index is 662. The molecule has 0 aliphatic carbocycles. The molecule has 1 fully saturated rings. The summed E-state index contributed by atoms with van der Waals surface area (Å²) in [7, 11) is 0. The molecule has 1 saturated heterocycles. The summed E-state index contributed by atoms with van der Waals surface area (Å²) in [5, 5.41) is 21.1. The van der Waals surface area contributed by atoms with Crippen LogP contribution in [-0.2, 0) is 16.1 Å². The zero-order valence-corrected chi connectivity index (χ0v) is 16.4. The lowest BCUT2D eigenvalue weighted by atomic mass is 9.92. The number of benzene rings is 1. The lowest BCUT2D eigenvalue weighted by Crippen LogP contribution is -2.32. The predicted octanol–water partition coefficient (Wildman–Crippen LogP) is 1.80. The SMILES string of the molecule is C#Cc1ccc(CNC=O)c(O)c1.CC(C)(C)CC(=O)N1CCC(O)C1.N. The van der Waals surface area contributed by atoms with Gasteiger partial charge in [0.2, 0.25) is 12.3 Å². The van der Waals surface area contributed by atoms with Gasteiger partial charge in [0.15, 0.2) is 0 Å². The van der Waals surface area contributed by atoms with Gasteiger partial charge in [0.05, 0.1) is 6.10 Å². The van der Waals surface area contributed by atoms with E-state index in [0.29, 0.717) is 37.0 Å². The van der Waals surface area contributed by atoms with Gasteiger partial charge in [-0.05, 0) is 24.0 Å². The molecule has 0 saturated carbocycles. The number of nitrogens with one attached hydrogen (secondary N) is 1. The zero-order chi connectivity index (χ0) is 19.7. The molecule has 7 heteroatoms. The van der Waals surface area contributed by atoms with E-state index in [1.807, 2.05) is 0 Å². The maximum absolute atomic E-state index is 11.6. The van der Waals surface area contributed by atoms with Crippen molar-refractivity contribution in [3.63, 3.8) is 0 Å². The number of aromatic hydroxyl groups is 1. The molecule has 1 aliphatic heterocycles. The molecule has 0 aromatic heterocycles. The van der Waals surface area contributed by atoms with Gasteiger partial charge in [0.1, 0.15) is 5.75 Å². The fourth-order valence-corrected chi connectivity index (χ4v) is 2.49. The van der Waals surface area contributed by atoms with E-state index in [9.17, 15) is 19.8 Å². The molecule has 1 unspecified atom stereocenters. The Morgan fingerprint density at radius 1 is 1.44 bits per heavy atom. The monoisotopic (exact) mass is 377 g/mol. The molecule has 1 heterocycles. The van der Waals surface area contributed by atoms with Gasteiger partial charge in [-0.3, -0.25) is 9.59 Å². The van der Waals surface area contributed by atoms with Crippen molar-refractivity contribution in [1.29, 1.82) is 0 Å². The standard InChI is InChI=1S/C10H19NO2.C10H9NO2.H3N/c1-10(2,3)6-9(13)11-5-4-8(12)7-11;1-2-8-3-4-9(6-11-7-12)10(13)5-8;/h8,12H,4-7H2,1-3H3;1,3-5,7,13H,6H2,(H,11,12);1H3. The molecule has 150 valence electrons. The summed E-state index contributed by atoms with van der Waals surface area (Å²) in [5.74, 6) is 2.67. The van der Waals surface area contributed by atoms with Crippen molar-refractivity contribution in [2.75, 3.05) is 13.1 Å². The van der Waals surface area contributed by atoms with Crippen molar-refractivity contribution in [2.24, 2.45) is 5.41 Å². The van der Waals surface area contributed by atoms with Crippen molar-refractivity contribution in [2.45, 2.75) is 46.3 Å². The molecular weight excluding hydrogens is 346 g/mol. The molecule has 1 atom stereocenters. The number of nitrogens with zero attached hydrogens (tertiary/aromatic N) is 1. The summed E-state index contributed by atoms with van der Waals surface area (Å²) in [6.07, 6.45) is 6.71. The fraction of sp³-hybridized carbons (Fsp3) is 0.500. The van der Waals surface area contributed by atoms with Crippen LogP contribution in [0.2, 0.25) is 0 Å². The minimum Gasteiger partial charge on any atom is -0.508 e. The van der Waals surface area contributed by atoms with Gasteiger partial charge in [-0.25, -0.2) is 0 Å². The number of carbonyl (C=O) groups is 2. The van der Waals surface area contributed by atoms with Crippen LogP contribution in [0.1, 0.15) is 44.7 Å². The van der Waals surface area contributed by atoms with Crippen LogP contribution in [0.25, 0.3) is 0 Å². The van der Waals surface area contributed by atoms with E-state index < -0.39 is 0 Å². The van der Waals surface area contributed by atoms with Crippen molar-refractivity contribution in [3.05, 3.63) is 29.3 Å². The third-order valence-electron chi connectivity index (χ3n) is 3.83.